The summed E-state index contributed by atoms with van der Waals surface area (Å²) in [6.07, 6.45) is 5.70. The van der Waals surface area contributed by atoms with E-state index in [-0.39, 0.29) is 0 Å². The molecule has 4 aromatic carbocycles. The lowest BCUT2D eigenvalue weighted by Crippen LogP contribution is -2.28. The van der Waals surface area contributed by atoms with E-state index in [0.717, 1.165) is 19.5 Å². The summed E-state index contributed by atoms with van der Waals surface area (Å²) in [5.41, 5.74) is 6.93. The molecule has 0 bridgehead atoms. The normalized spacial score (nSPS) is 14.1. The van der Waals surface area contributed by atoms with Crippen molar-refractivity contribution in [3.05, 3.63) is 119 Å². The van der Waals surface area contributed by atoms with Crippen LogP contribution < -0.4 is 5.32 Å². The summed E-state index contributed by atoms with van der Waals surface area (Å²) in [4.78, 5) is 0. The second kappa shape index (κ2) is 8.91. The van der Waals surface area contributed by atoms with Gasteiger partial charge in [0.2, 0.25) is 0 Å². The number of rotatable bonds is 6. The third-order valence-corrected chi connectivity index (χ3v) is 6.65. The monoisotopic (exact) mass is 403 g/mol. The lowest BCUT2D eigenvalue weighted by molar-refractivity contribution is 0.417. The summed E-state index contributed by atoms with van der Waals surface area (Å²) < 4.78 is 0. The molecule has 1 unspecified atom stereocenters. The Morgan fingerprint density at radius 2 is 1.32 bits per heavy atom. The predicted octanol–water partition coefficient (Wildman–Crippen LogP) is 7.27. The van der Waals surface area contributed by atoms with Crippen LogP contribution in [0.4, 0.5) is 0 Å². The summed E-state index contributed by atoms with van der Waals surface area (Å²) in [5, 5.41) is 6.39. The van der Waals surface area contributed by atoms with Gasteiger partial charge < -0.3 is 5.32 Å². The van der Waals surface area contributed by atoms with Crippen molar-refractivity contribution in [1.82, 2.24) is 5.32 Å². The Balaban J connectivity index is 1.39. The van der Waals surface area contributed by atoms with Crippen molar-refractivity contribution >= 4 is 22.9 Å². The van der Waals surface area contributed by atoms with Crippen LogP contribution in [-0.4, -0.2) is 6.54 Å². The third-order valence-electron chi connectivity index (χ3n) is 6.65. The first-order chi connectivity index (χ1) is 15.3. The van der Waals surface area contributed by atoms with Gasteiger partial charge in [0.1, 0.15) is 0 Å². The summed E-state index contributed by atoms with van der Waals surface area (Å²) in [7, 11) is 0. The fraction of sp³-hybridized carbons (Fsp3) is 0.200. The molecule has 1 nitrogen and oxygen atoms in total. The van der Waals surface area contributed by atoms with E-state index in [9.17, 15) is 0 Å². The van der Waals surface area contributed by atoms with Crippen molar-refractivity contribution in [2.75, 3.05) is 6.54 Å². The molecule has 1 aliphatic carbocycles. The minimum absolute atomic E-state index is 0.400. The molecule has 0 radical (unpaired) electrons. The van der Waals surface area contributed by atoms with Crippen molar-refractivity contribution in [2.45, 2.75) is 25.8 Å². The lowest BCUT2D eigenvalue weighted by Gasteiger charge is -2.29. The van der Waals surface area contributed by atoms with E-state index < -0.39 is 0 Å². The Bertz CT molecular complexity index is 1170. The molecule has 4 aromatic rings. The molecule has 1 heteroatoms. The number of fused-ring (bicyclic) bond motifs is 3. The molecular weight excluding hydrogens is 374 g/mol. The second-order valence-corrected chi connectivity index (χ2v) is 8.55. The quantitative estimate of drug-likeness (QED) is 0.357. The van der Waals surface area contributed by atoms with Crippen LogP contribution >= 0.6 is 0 Å². The van der Waals surface area contributed by atoms with Gasteiger partial charge in [-0.05, 0) is 57.1 Å². The van der Waals surface area contributed by atoms with Crippen LogP contribution in [0.5, 0.6) is 0 Å². The van der Waals surface area contributed by atoms with E-state index in [1.807, 2.05) is 0 Å². The van der Waals surface area contributed by atoms with E-state index in [2.05, 4.69) is 115 Å². The zero-order chi connectivity index (χ0) is 21.0. The molecule has 1 atom stereocenters. The standard InChI is InChI=1S/C30H29N/c1-2-23(21-31-20-22-15-16-24-9-3-4-12-27(24)19-22)30-28-13-7-5-10-25(28)17-18-26-11-6-8-14-29(26)30/h3-19,23,30-31H,2,20-21H2,1H3. The van der Waals surface area contributed by atoms with Crippen molar-refractivity contribution in [3.8, 4) is 0 Å². The van der Waals surface area contributed by atoms with Gasteiger partial charge >= 0.3 is 0 Å². The molecule has 0 heterocycles. The first kappa shape index (κ1) is 19.8. The summed E-state index contributed by atoms with van der Waals surface area (Å²) >= 11 is 0. The van der Waals surface area contributed by atoms with Crippen molar-refractivity contribution in [3.63, 3.8) is 0 Å². The first-order valence-electron chi connectivity index (χ1n) is 11.4. The van der Waals surface area contributed by atoms with E-state index in [0.29, 0.717) is 11.8 Å². The van der Waals surface area contributed by atoms with Gasteiger partial charge in [-0.3, -0.25) is 0 Å². The smallest absolute Gasteiger partial charge is 0.0205 e. The summed E-state index contributed by atoms with van der Waals surface area (Å²) in [6.45, 7) is 4.22. The molecule has 0 saturated carbocycles. The maximum atomic E-state index is 3.78. The van der Waals surface area contributed by atoms with Crippen LogP contribution in [0.2, 0.25) is 0 Å². The zero-order valence-corrected chi connectivity index (χ0v) is 18.1. The summed E-state index contributed by atoms with van der Waals surface area (Å²) in [5.74, 6) is 0.930. The second-order valence-electron chi connectivity index (χ2n) is 8.55. The predicted molar refractivity (Wildman–Crippen MR) is 133 cm³/mol. The van der Waals surface area contributed by atoms with Crippen molar-refractivity contribution in [1.29, 1.82) is 0 Å². The highest BCUT2D eigenvalue weighted by Gasteiger charge is 2.27. The lowest BCUT2D eigenvalue weighted by atomic mass is 9.77. The molecular formula is C30H29N. The Kier molecular flexibility index (Phi) is 5.69. The van der Waals surface area contributed by atoms with Gasteiger partial charge in [-0.25, -0.2) is 0 Å². The number of benzene rings is 4. The average molecular weight is 404 g/mol. The van der Waals surface area contributed by atoms with Crippen LogP contribution in [0.15, 0.2) is 91.0 Å². The molecule has 5 rings (SSSR count). The largest absolute Gasteiger partial charge is 0.312 e. The van der Waals surface area contributed by atoms with Gasteiger partial charge in [0.25, 0.3) is 0 Å². The Hall–Kier alpha value is -3.16. The maximum absolute atomic E-state index is 3.78. The Morgan fingerprint density at radius 1 is 0.710 bits per heavy atom. The molecule has 1 aliphatic rings. The maximum Gasteiger partial charge on any atom is 0.0205 e. The molecule has 1 N–H and O–H groups in total. The number of hydrogen-bond acceptors (Lipinski definition) is 1. The minimum atomic E-state index is 0.400. The number of hydrogen-bond donors (Lipinski definition) is 1. The molecule has 0 saturated heterocycles. The molecule has 0 spiro atoms. The van der Waals surface area contributed by atoms with E-state index >= 15 is 0 Å². The topological polar surface area (TPSA) is 12.0 Å². The van der Waals surface area contributed by atoms with Crippen molar-refractivity contribution in [2.24, 2.45) is 5.92 Å². The van der Waals surface area contributed by atoms with Crippen molar-refractivity contribution < 1.29 is 0 Å². The zero-order valence-electron chi connectivity index (χ0n) is 18.1. The molecule has 154 valence electrons. The molecule has 0 fully saturated rings. The van der Waals surface area contributed by atoms with Gasteiger partial charge in [-0.2, -0.15) is 0 Å². The molecule has 31 heavy (non-hydrogen) atoms. The van der Waals surface area contributed by atoms with Crippen LogP contribution in [-0.2, 0) is 6.54 Å². The van der Waals surface area contributed by atoms with E-state index in [4.69, 9.17) is 0 Å². The highest BCUT2D eigenvalue weighted by atomic mass is 14.9. The third kappa shape index (κ3) is 4.06. The summed E-state index contributed by atoms with van der Waals surface area (Å²) in [6, 6.07) is 33.2. The SMILES string of the molecule is CCC(CNCc1ccc2ccccc2c1)C1c2ccccc2C=Cc2ccccc21. The van der Waals surface area contributed by atoms with Gasteiger partial charge in [-0.15, -0.1) is 0 Å². The van der Waals surface area contributed by atoms with Gasteiger partial charge in [0, 0.05) is 12.5 Å². The fourth-order valence-electron chi connectivity index (χ4n) is 5.00. The van der Waals surface area contributed by atoms with E-state index in [1.165, 1.54) is 38.6 Å². The molecule has 0 aromatic heterocycles. The Morgan fingerprint density at radius 3 is 2.00 bits per heavy atom. The fourth-order valence-corrected chi connectivity index (χ4v) is 5.00. The molecule has 0 aliphatic heterocycles. The first-order valence-corrected chi connectivity index (χ1v) is 11.4. The minimum Gasteiger partial charge on any atom is -0.312 e. The van der Waals surface area contributed by atoms with Crippen LogP contribution in [0, 0.1) is 5.92 Å². The van der Waals surface area contributed by atoms with Crippen LogP contribution in [0.25, 0.3) is 22.9 Å². The van der Waals surface area contributed by atoms with Crippen LogP contribution in [0.1, 0.15) is 47.1 Å². The average Bonchev–Trinajstić information content (AvgIpc) is 2.99. The Labute approximate surface area is 185 Å². The van der Waals surface area contributed by atoms with Gasteiger partial charge in [-0.1, -0.05) is 110 Å². The molecule has 0 amide bonds. The van der Waals surface area contributed by atoms with E-state index in [1.54, 1.807) is 0 Å². The van der Waals surface area contributed by atoms with Gasteiger partial charge in [0.15, 0.2) is 0 Å². The van der Waals surface area contributed by atoms with Crippen LogP contribution in [0.3, 0.4) is 0 Å². The highest BCUT2D eigenvalue weighted by molar-refractivity contribution is 5.83. The highest BCUT2D eigenvalue weighted by Crippen LogP contribution is 2.40. The number of nitrogens with one attached hydrogen (secondary N) is 1. The van der Waals surface area contributed by atoms with Gasteiger partial charge in [0.05, 0.1) is 0 Å².